The average Bonchev–Trinajstić information content (AvgIpc) is 3.70. The summed E-state index contributed by atoms with van der Waals surface area (Å²) < 4.78 is 8.85. The van der Waals surface area contributed by atoms with Crippen molar-refractivity contribution in [2.45, 2.75) is 4.90 Å². The fraction of sp³-hybridized carbons (Fsp3) is 0. The van der Waals surface area contributed by atoms with Crippen molar-refractivity contribution in [1.82, 2.24) is 4.57 Å². The third-order valence-corrected chi connectivity index (χ3v) is 9.88. The normalized spacial score (nSPS) is 11.6. The number of aromatic nitrogens is 1. The predicted octanol–water partition coefficient (Wildman–Crippen LogP) is 12.9. The van der Waals surface area contributed by atoms with Gasteiger partial charge in [-0.15, -0.1) is 11.4 Å². The van der Waals surface area contributed by atoms with E-state index in [0.29, 0.717) is 4.90 Å². The Bertz CT molecular complexity index is 2780. The molecule has 0 amide bonds. The van der Waals surface area contributed by atoms with E-state index < -0.39 is 0 Å². The van der Waals surface area contributed by atoms with Gasteiger partial charge in [0.25, 0.3) is 0 Å². The van der Waals surface area contributed by atoms with Gasteiger partial charge in [-0.2, -0.15) is 4.90 Å². The molecule has 0 unspecified atom stereocenters. The molecule has 8 aromatic carbocycles. The largest absolute Gasteiger partial charge is 2.00 e. The molecule has 0 bridgehead atoms. The van der Waals surface area contributed by atoms with Crippen LogP contribution in [0.5, 0.6) is 0 Å². The smallest absolute Gasteiger partial charge is 0.781 e. The molecule has 0 N–H and O–H groups in total. The molecule has 0 saturated carbocycles. The van der Waals surface area contributed by atoms with Crippen molar-refractivity contribution in [3.8, 4) is 16.8 Å². The van der Waals surface area contributed by atoms with E-state index in [9.17, 15) is 0 Å². The summed E-state index contributed by atoms with van der Waals surface area (Å²) in [6.07, 6.45) is 0. The van der Waals surface area contributed by atoms with Crippen LogP contribution in [0.2, 0.25) is 0 Å². The monoisotopic (exact) mass is 681 g/mol. The first-order valence-corrected chi connectivity index (χ1v) is 16.5. The molecule has 0 fully saturated rings. The Kier molecular flexibility index (Phi) is 6.99. The van der Waals surface area contributed by atoms with E-state index in [1.807, 2.05) is 42.5 Å². The number of benzene rings is 8. The van der Waals surface area contributed by atoms with Crippen LogP contribution in [0.25, 0.3) is 87.4 Å². The molecule has 0 saturated heterocycles. The van der Waals surface area contributed by atoms with Gasteiger partial charge in [-0.1, -0.05) is 127 Å². The quantitative estimate of drug-likeness (QED) is 0.173. The first-order valence-electron chi connectivity index (χ1n) is 16.1. The van der Waals surface area contributed by atoms with Gasteiger partial charge in [0, 0.05) is 32.8 Å². The summed E-state index contributed by atoms with van der Waals surface area (Å²) in [5.41, 5.74) is 8.70. The van der Waals surface area contributed by atoms with Crippen molar-refractivity contribution in [3.05, 3.63) is 163 Å². The SMILES string of the molecule is [S-]c1cc(-c2ccccc2)c2oc3ccccc3c2c1[N-]c1ccc(-n2c3ccc4ccccc4c3c3c4ccccc4ccc32)cc1.[V+2]. The van der Waals surface area contributed by atoms with Gasteiger partial charge in [-0.05, 0) is 57.4 Å². The molecule has 0 spiro atoms. The molecule has 0 aliphatic heterocycles. The van der Waals surface area contributed by atoms with E-state index in [1.165, 1.54) is 43.4 Å². The standard InChI is InChI=1S/C44H27N2OS.V/c48-39-26-35(27-10-2-1-3-11-27)44-42(34-16-8-9-17-38(34)47-44)43(39)45-30-20-22-31(23-21-30)46-36-24-18-28-12-4-6-14-32(28)40(36)41-33-15-7-5-13-29(33)19-25-37(41)46;/h1-26,48H;/q-1;+2/p-1. The van der Waals surface area contributed by atoms with Crippen LogP contribution in [0.4, 0.5) is 11.4 Å². The zero-order chi connectivity index (χ0) is 31.8. The van der Waals surface area contributed by atoms with Crippen molar-refractivity contribution < 1.29 is 23.0 Å². The van der Waals surface area contributed by atoms with Crippen LogP contribution in [-0.4, -0.2) is 4.57 Å². The molecular weight excluding hydrogens is 656 g/mol. The van der Waals surface area contributed by atoms with Crippen LogP contribution in [0.3, 0.4) is 0 Å². The fourth-order valence-electron chi connectivity index (χ4n) is 7.43. The summed E-state index contributed by atoms with van der Waals surface area (Å²) in [4.78, 5) is 0.693. The molecule has 229 valence electrons. The first-order chi connectivity index (χ1) is 23.7. The number of hydrogen-bond acceptors (Lipinski definition) is 2. The molecule has 0 atom stereocenters. The van der Waals surface area contributed by atoms with Crippen molar-refractivity contribution in [1.29, 1.82) is 0 Å². The summed E-state index contributed by atoms with van der Waals surface area (Å²) in [6.45, 7) is 0. The molecule has 49 heavy (non-hydrogen) atoms. The molecular formula is C44H26N2OSV. The molecule has 2 aromatic heterocycles. The van der Waals surface area contributed by atoms with E-state index in [0.717, 1.165) is 50.1 Å². The van der Waals surface area contributed by atoms with Crippen molar-refractivity contribution in [2.24, 2.45) is 0 Å². The Labute approximate surface area is 300 Å². The average molecular weight is 682 g/mol. The molecule has 10 rings (SSSR count). The van der Waals surface area contributed by atoms with E-state index in [-0.39, 0.29) is 18.6 Å². The Morgan fingerprint density at radius 1 is 0.531 bits per heavy atom. The zero-order valence-electron chi connectivity index (χ0n) is 26.2. The number of rotatable bonds is 4. The maximum atomic E-state index is 6.47. The van der Waals surface area contributed by atoms with E-state index >= 15 is 0 Å². The second-order valence-electron chi connectivity index (χ2n) is 12.3. The molecule has 5 heteroatoms. The minimum atomic E-state index is 0. The van der Waals surface area contributed by atoms with Crippen LogP contribution in [-0.2, 0) is 31.2 Å². The summed E-state index contributed by atoms with van der Waals surface area (Å²) in [5, 5.41) is 14.7. The predicted molar refractivity (Wildman–Crippen MR) is 203 cm³/mol. The summed E-state index contributed by atoms with van der Waals surface area (Å²) in [6, 6.07) is 55.2. The number of furan rings is 1. The van der Waals surface area contributed by atoms with Crippen LogP contribution < -0.4 is 0 Å². The van der Waals surface area contributed by atoms with Gasteiger partial charge in [-0.3, -0.25) is 0 Å². The number of para-hydroxylation sites is 1. The maximum Gasteiger partial charge on any atom is 2.00 e. The summed E-state index contributed by atoms with van der Waals surface area (Å²) >= 11 is 6.03. The molecule has 0 aliphatic rings. The van der Waals surface area contributed by atoms with Gasteiger partial charge in [0.1, 0.15) is 11.2 Å². The van der Waals surface area contributed by atoms with Crippen LogP contribution in [0.1, 0.15) is 0 Å². The number of fused-ring (bicyclic) bond motifs is 10. The summed E-state index contributed by atoms with van der Waals surface area (Å²) in [7, 11) is 0. The van der Waals surface area contributed by atoms with Gasteiger partial charge in [-0.25, -0.2) is 0 Å². The third-order valence-electron chi connectivity index (χ3n) is 9.57. The maximum absolute atomic E-state index is 6.47. The van der Waals surface area contributed by atoms with Crippen LogP contribution in [0, 0.1) is 0 Å². The Morgan fingerprint density at radius 2 is 1.10 bits per heavy atom. The molecule has 10 aromatic rings. The molecule has 1 radical (unpaired) electrons. The van der Waals surface area contributed by atoms with Gasteiger partial charge < -0.3 is 26.9 Å². The Morgan fingerprint density at radius 3 is 1.76 bits per heavy atom. The Balaban J connectivity index is 0.00000325. The topological polar surface area (TPSA) is 32.2 Å². The number of nitrogens with zero attached hydrogens (tertiary/aromatic N) is 2. The van der Waals surface area contributed by atoms with Gasteiger partial charge in [0.05, 0.1) is 11.0 Å². The van der Waals surface area contributed by atoms with Crippen molar-refractivity contribution in [2.75, 3.05) is 0 Å². The van der Waals surface area contributed by atoms with Gasteiger partial charge in [0.15, 0.2) is 0 Å². The second-order valence-corrected chi connectivity index (χ2v) is 12.7. The summed E-state index contributed by atoms with van der Waals surface area (Å²) in [5.74, 6) is 0. The van der Waals surface area contributed by atoms with Crippen molar-refractivity contribution in [3.63, 3.8) is 0 Å². The second kappa shape index (κ2) is 11.6. The minimum Gasteiger partial charge on any atom is -0.781 e. The van der Waals surface area contributed by atoms with Crippen molar-refractivity contribution >= 4 is 89.3 Å². The van der Waals surface area contributed by atoms with Gasteiger partial charge in [0.2, 0.25) is 0 Å². The van der Waals surface area contributed by atoms with Crippen LogP contribution >= 0.6 is 0 Å². The van der Waals surface area contributed by atoms with Crippen LogP contribution in [0.15, 0.2) is 167 Å². The third kappa shape index (κ3) is 4.57. The molecule has 0 aliphatic carbocycles. The molecule has 3 nitrogen and oxygen atoms in total. The molecule has 2 heterocycles. The van der Waals surface area contributed by atoms with E-state index in [4.69, 9.17) is 22.4 Å². The minimum absolute atomic E-state index is 0. The van der Waals surface area contributed by atoms with E-state index in [1.54, 1.807) is 0 Å². The fourth-order valence-corrected chi connectivity index (χ4v) is 7.70. The zero-order valence-corrected chi connectivity index (χ0v) is 28.4. The Hall–Kier alpha value is -5.52. The van der Waals surface area contributed by atoms with E-state index in [2.05, 4.69) is 120 Å². The van der Waals surface area contributed by atoms with Gasteiger partial charge >= 0.3 is 18.6 Å². The number of hydrogen-bond donors (Lipinski definition) is 0. The first kappa shape index (κ1) is 29.6.